The Morgan fingerprint density at radius 1 is 1.11 bits per heavy atom. The number of hydrogen-bond acceptors (Lipinski definition) is 3. The lowest BCUT2D eigenvalue weighted by molar-refractivity contribution is 0.112. The number of nitrogens with zero attached hydrogens (tertiary/aromatic N) is 3. The fourth-order valence-electron chi connectivity index (χ4n) is 3.61. The van der Waals surface area contributed by atoms with Crippen LogP contribution in [0.5, 0.6) is 0 Å². The Kier molecular flexibility index (Phi) is 4.78. The highest BCUT2D eigenvalue weighted by Gasteiger charge is 2.20. The van der Waals surface area contributed by atoms with Gasteiger partial charge in [0.1, 0.15) is 5.69 Å². The molecule has 4 rings (SSSR count). The van der Waals surface area contributed by atoms with Crippen LogP contribution >= 0.6 is 0 Å². The number of benzene rings is 2. The predicted octanol–water partition coefficient (Wildman–Crippen LogP) is 5.40. The van der Waals surface area contributed by atoms with Crippen LogP contribution in [-0.4, -0.2) is 21.9 Å². The van der Waals surface area contributed by atoms with Crippen LogP contribution in [0, 0.1) is 5.92 Å². The maximum absolute atomic E-state index is 11.6. The second kappa shape index (κ2) is 7.39. The van der Waals surface area contributed by atoms with Crippen LogP contribution in [0.3, 0.4) is 0 Å². The van der Waals surface area contributed by atoms with Crippen LogP contribution in [0.1, 0.15) is 43.2 Å². The summed E-state index contributed by atoms with van der Waals surface area (Å²) in [4.78, 5) is 16.7. The van der Waals surface area contributed by atoms with Crippen LogP contribution < -0.4 is 0 Å². The van der Waals surface area contributed by atoms with Crippen molar-refractivity contribution in [2.75, 3.05) is 0 Å². The third-order valence-corrected chi connectivity index (χ3v) is 5.44. The van der Waals surface area contributed by atoms with Crippen LogP contribution in [0.15, 0.2) is 82.5 Å². The van der Waals surface area contributed by atoms with Gasteiger partial charge in [-0.1, -0.05) is 61.5 Å². The van der Waals surface area contributed by atoms with Crippen molar-refractivity contribution in [1.82, 2.24) is 9.78 Å². The second-order valence-corrected chi connectivity index (χ2v) is 7.29. The molecule has 0 N–H and O–H groups in total. The SMILES string of the molecule is CC1=CCC(C)C(C)=C1N=C(c1ccccc1)n1nc(C=O)c2ccccc21. The van der Waals surface area contributed by atoms with Gasteiger partial charge >= 0.3 is 0 Å². The lowest BCUT2D eigenvalue weighted by Gasteiger charge is -2.21. The van der Waals surface area contributed by atoms with Crippen LogP contribution in [0.2, 0.25) is 0 Å². The maximum atomic E-state index is 11.6. The quantitative estimate of drug-likeness (QED) is 0.352. The van der Waals surface area contributed by atoms with Gasteiger partial charge in [-0.15, -0.1) is 0 Å². The maximum Gasteiger partial charge on any atom is 0.170 e. The molecular formula is C24H23N3O. The lowest BCUT2D eigenvalue weighted by atomic mass is 9.89. The van der Waals surface area contributed by atoms with Gasteiger partial charge in [-0.05, 0) is 43.4 Å². The first kappa shape index (κ1) is 18.1. The first-order chi connectivity index (χ1) is 13.6. The van der Waals surface area contributed by atoms with Crippen molar-refractivity contribution in [2.45, 2.75) is 27.2 Å². The molecule has 0 saturated heterocycles. The van der Waals surface area contributed by atoms with Gasteiger partial charge in [0.25, 0.3) is 0 Å². The molecule has 4 nitrogen and oxygen atoms in total. The molecule has 0 bridgehead atoms. The van der Waals surface area contributed by atoms with E-state index in [1.54, 1.807) is 4.68 Å². The van der Waals surface area contributed by atoms with Crippen molar-refractivity contribution in [3.8, 4) is 0 Å². The highest BCUT2D eigenvalue weighted by Crippen LogP contribution is 2.31. The number of allylic oxidation sites excluding steroid dienone is 3. The van der Waals surface area contributed by atoms with E-state index >= 15 is 0 Å². The van der Waals surface area contributed by atoms with E-state index < -0.39 is 0 Å². The fraction of sp³-hybridized carbons (Fsp3) is 0.208. The molecule has 0 radical (unpaired) electrons. The minimum absolute atomic E-state index is 0.425. The van der Waals surface area contributed by atoms with Gasteiger partial charge in [-0.25, -0.2) is 9.67 Å². The molecule has 2 aromatic carbocycles. The summed E-state index contributed by atoms with van der Waals surface area (Å²) in [6.45, 7) is 6.49. The first-order valence-electron chi connectivity index (χ1n) is 9.55. The molecule has 1 aliphatic rings. The fourth-order valence-corrected chi connectivity index (χ4v) is 3.61. The Labute approximate surface area is 164 Å². The summed E-state index contributed by atoms with van der Waals surface area (Å²) < 4.78 is 1.79. The highest BCUT2D eigenvalue weighted by atomic mass is 16.1. The van der Waals surface area contributed by atoms with E-state index in [0.29, 0.717) is 11.6 Å². The molecule has 4 heteroatoms. The van der Waals surface area contributed by atoms with Crippen LogP contribution in [0.25, 0.3) is 10.9 Å². The number of carbonyl (C=O) groups is 1. The van der Waals surface area contributed by atoms with E-state index in [-0.39, 0.29) is 0 Å². The Morgan fingerprint density at radius 2 is 1.82 bits per heavy atom. The third kappa shape index (κ3) is 3.11. The van der Waals surface area contributed by atoms with E-state index in [1.165, 1.54) is 11.1 Å². The number of aliphatic imine (C=N–C) groups is 1. The largest absolute Gasteiger partial charge is 0.296 e. The summed E-state index contributed by atoms with van der Waals surface area (Å²) in [5.41, 5.74) is 5.71. The van der Waals surface area contributed by atoms with Crippen molar-refractivity contribution in [3.05, 3.63) is 88.8 Å². The zero-order valence-corrected chi connectivity index (χ0v) is 16.4. The van der Waals surface area contributed by atoms with Gasteiger partial charge < -0.3 is 0 Å². The Morgan fingerprint density at radius 3 is 2.57 bits per heavy atom. The summed E-state index contributed by atoms with van der Waals surface area (Å²) in [6, 6.07) is 17.8. The van der Waals surface area contributed by atoms with Crippen LogP contribution in [0.4, 0.5) is 0 Å². The average Bonchev–Trinajstić information content (AvgIpc) is 3.10. The highest BCUT2D eigenvalue weighted by molar-refractivity contribution is 6.07. The van der Waals surface area contributed by atoms with Crippen molar-refractivity contribution in [2.24, 2.45) is 10.9 Å². The van der Waals surface area contributed by atoms with Gasteiger partial charge in [0, 0.05) is 10.9 Å². The zero-order valence-electron chi connectivity index (χ0n) is 16.4. The molecule has 1 aliphatic carbocycles. The molecule has 0 fully saturated rings. The predicted molar refractivity (Wildman–Crippen MR) is 114 cm³/mol. The number of fused-ring (bicyclic) bond motifs is 1. The summed E-state index contributed by atoms with van der Waals surface area (Å²) >= 11 is 0. The van der Waals surface area contributed by atoms with Crippen molar-refractivity contribution >= 4 is 23.0 Å². The molecule has 3 aromatic rings. The first-order valence-corrected chi connectivity index (χ1v) is 9.55. The molecular weight excluding hydrogens is 346 g/mol. The Hall–Kier alpha value is -3.27. The standard InChI is InChI=1S/C24H23N3O/c1-16-13-14-17(2)23(18(16)3)25-24(19-9-5-4-6-10-19)27-22-12-8-7-11-20(22)21(15-28)26-27/h4-12,14-16H,13H2,1-3H3. The molecule has 0 aliphatic heterocycles. The normalized spacial score (nSPS) is 17.8. The Bertz CT molecular complexity index is 1130. The minimum atomic E-state index is 0.425. The summed E-state index contributed by atoms with van der Waals surface area (Å²) in [7, 11) is 0. The number of aromatic nitrogens is 2. The molecule has 0 amide bonds. The topological polar surface area (TPSA) is 47.2 Å². The molecule has 0 spiro atoms. The number of para-hydroxylation sites is 1. The number of rotatable bonds is 3. The third-order valence-electron chi connectivity index (χ3n) is 5.44. The monoisotopic (exact) mass is 369 g/mol. The number of hydrogen-bond donors (Lipinski definition) is 0. The van der Waals surface area contributed by atoms with E-state index in [2.05, 4.69) is 31.9 Å². The van der Waals surface area contributed by atoms with E-state index in [4.69, 9.17) is 4.99 Å². The van der Waals surface area contributed by atoms with Gasteiger partial charge in [0.15, 0.2) is 12.1 Å². The van der Waals surface area contributed by atoms with Gasteiger partial charge in [-0.3, -0.25) is 4.79 Å². The van der Waals surface area contributed by atoms with Gasteiger partial charge in [0.05, 0.1) is 11.2 Å². The summed E-state index contributed by atoms with van der Waals surface area (Å²) in [6.07, 6.45) is 4.09. The van der Waals surface area contributed by atoms with Gasteiger partial charge in [-0.2, -0.15) is 5.10 Å². The average molecular weight is 369 g/mol. The molecule has 28 heavy (non-hydrogen) atoms. The molecule has 0 saturated carbocycles. The molecule has 1 aromatic heterocycles. The van der Waals surface area contributed by atoms with E-state index in [1.807, 2.05) is 54.6 Å². The zero-order chi connectivity index (χ0) is 19.7. The minimum Gasteiger partial charge on any atom is -0.296 e. The van der Waals surface area contributed by atoms with E-state index in [0.717, 1.165) is 40.7 Å². The molecule has 1 unspecified atom stereocenters. The van der Waals surface area contributed by atoms with E-state index in [9.17, 15) is 4.79 Å². The summed E-state index contributed by atoms with van der Waals surface area (Å²) in [5.74, 6) is 1.18. The smallest absolute Gasteiger partial charge is 0.170 e. The number of aldehydes is 1. The molecule has 1 heterocycles. The van der Waals surface area contributed by atoms with Crippen molar-refractivity contribution in [3.63, 3.8) is 0 Å². The van der Waals surface area contributed by atoms with Crippen molar-refractivity contribution < 1.29 is 4.79 Å². The second-order valence-electron chi connectivity index (χ2n) is 7.29. The van der Waals surface area contributed by atoms with Crippen molar-refractivity contribution in [1.29, 1.82) is 0 Å². The molecule has 1 atom stereocenters. The van der Waals surface area contributed by atoms with Gasteiger partial charge in [0.2, 0.25) is 0 Å². The van der Waals surface area contributed by atoms with Crippen LogP contribution in [-0.2, 0) is 0 Å². The lowest BCUT2D eigenvalue weighted by Crippen LogP contribution is -2.17. The number of carbonyl (C=O) groups excluding carboxylic acids is 1. The molecule has 140 valence electrons. The Balaban J connectivity index is 2.01. The summed E-state index contributed by atoms with van der Waals surface area (Å²) in [5, 5.41) is 5.42.